The quantitative estimate of drug-likeness (QED) is 0.826. The molecule has 3 nitrogen and oxygen atoms in total. The van der Waals surface area contributed by atoms with Crippen molar-refractivity contribution in [2.45, 2.75) is 45.6 Å². The van der Waals surface area contributed by atoms with E-state index in [1.807, 2.05) is 0 Å². The third-order valence-corrected chi connectivity index (χ3v) is 4.24. The third-order valence-electron chi connectivity index (χ3n) is 4.24. The van der Waals surface area contributed by atoms with E-state index >= 15 is 0 Å². The number of likely N-dealkylation sites (tertiary alicyclic amines) is 1. The molecule has 1 heterocycles. The zero-order valence-electron chi connectivity index (χ0n) is 10.2. The lowest BCUT2D eigenvalue weighted by Gasteiger charge is -2.26. The van der Waals surface area contributed by atoms with Crippen LogP contribution in [0.3, 0.4) is 0 Å². The van der Waals surface area contributed by atoms with E-state index in [2.05, 4.69) is 18.7 Å². The first-order valence-corrected chi connectivity index (χ1v) is 6.14. The van der Waals surface area contributed by atoms with Gasteiger partial charge in [0.05, 0.1) is 0 Å². The molecule has 1 saturated heterocycles. The molecule has 0 aromatic carbocycles. The molecule has 2 aliphatic rings. The summed E-state index contributed by atoms with van der Waals surface area (Å²) in [4.78, 5) is 14.4. The van der Waals surface area contributed by atoms with Crippen molar-refractivity contribution in [3.8, 4) is 0 Å². The highest BCUT2D eigenvalue weighted by Crippen LogP contribution is 2.51. The number of nitrogens with two attached hydrogens (primary N) is 1. The smallest absolute Gasteiger partial charge is 0.229 e. The Bertz CT molecular complexity index is 266. The first-order chi connectivity index (χ1) is 7.13. The summed E-state index contributed by atoms with van der Waals surface area (Å²) in [6.45, 7) is 5.89. The van der Waals surface area contributed by atoms with Gasteiger partial charge in [0, 0.05) is 18.0 Å². The number of amides is 1. The fourth-order valence-corrected chi connectivity index (χ4v) is 2.77. The lowest BCUT2D eigenvalue weighted by molar-refractivity contribution is -0.137. The minimum absolute atomic E-state index is 0. The molecule has 2 atom stereocenters. The SMILES string of the molecule is CCC1(C(=O)N2CC(CN)CC2C)CC1.Cl. The van der Waals surface area contributed by atoms with Crippen molar-refractivity contribution in [1.29, 1.82) is 0 Å². The van der Waals surface area contributed by atoms with Crippen LogP contribution in [0.15, 0.2) is 0 Å². The van der Waals surface area contributed by atoms with Gasteiger partial charge in [-0.15, -0.1) is 12.4 Å². The molecule has 1 aliphatic carbocycles. The van der Waals surface area contributed by atoms with Gasteiger partial charge >= 0.3 is 0 Å². The van der Waals surface area contributed by atoms with Gasteiger partial charge in [0.25, 0.3) is 0 Å². The van der Waals surface area contributed by atoms with Crippen molar-refractivity contribution in [2.24, 2.45) is 17.1 Å². The average Bonchev–Trinajstić information content (AvgIpc) is 2.96. The molecule has 1 saturated carbocycles. The largest absolute Gasteiger partial charge is 0.339 e. The summed E-state index contributed by atoms with van der Waals surface area (Å²) in [5, 5.41) is 0. The van der Waals surface area contributed by atoms with Crippen LogP contribution in [0.4, 0.5) is 0 Å². The van der Waals surface area contributed by atoms with Crippen LogP contribution in [0.5, 0.6) is 0 Å². The van der Waals surface area contributed by atoms with Crippen molar-refractivity contribution in [2.75, 3.05) is 13.1 Å². The van der Waals surface area contributed by atoms with Gasteiger partial charge < -0.3 is 10.6 Å². The van der Waals surface area contributed by atoms with Crippen LogP contribution in [0, 0.1) is 11.3 Å². The van der Waals surface area contributed by atoms with Crippen molar-refractivity contribution in [3.05, 3.63) is 0 Å². The number of rotatable bonds is 3. The van der Waals surface area contributed by atoms with E-state index in [1.54, 1.807) is 0 Å². The summed E-state index contributed by atoms with van der Waals surface area (Å²) in [6, 6.07) is 0.398. The van der Waals surface area contributed by atoms with Crippen LogP contribution >= 0.6 is 12.4 Å². The molecule has 0 aromatic heterocycles. The Kier molecular flexibility index (Phi) is 4.24. The van der Waals surface area contributed by atoms with Crippen molar-refractivity contribution in [1.82, 2.24) is 4.90 Å². The maximum Gasteiger partial charge on any atom is 0.229 e. The van der Waals surface area contributed by atoms with Crippen LogP contribution < -0.4 is 5.73 Å². The minimum Gasteiger partial charge on any atom is -0.339 e. The summed E-state index contributed by atoms with van der Waals surface area (Å²) >= 11 is 0. The van der Waals surface area contributed by atoms with Gasteiger partial charge in [0.2, 0.25) is 5.91 Å². The summed E-state index contributed by atoms with van der Waals surface area (Å²) in [7, 11) is 0. The molecule has 2 unspecified atom stereocenters. The molecular weight excluding hydrogens is 224 g/mol. The fourth-order valence-electron chi connectivity index (χ4n) is 2.77. The highest BCUT2D eigenvalue weighted by Gasteiger charge is 2.51. The van der Waals surface area contributed by atoms with E-state index in [0.29, 0.717) is 24.4 Å². The van der Waals surface area contributed by atoms with Gasteiger partial charge in [-0.2, -0.15) is 0 Å². The van der Waals surface area contributed by atoms with E-state index in [0.717, 1.165) is 32.2 Å². The Hall–Kier alpha value is -0.280. The second kappa shape index (κ2) is 4.92. The average molecular weight is 247 g/mol. The summed E-state index contributed by atoms with van der Waals surface area (Å²) in [6.07, 6.45) is 4.28. The molecule has 0 spiro atoms. The second-order valence-corrected chi connectivity index (χ2v) is 5.28. The van der Waals surface area contributed by atoms with E-state index in [9.17, 15) is 4.79 Å². The standard InChI is InChI=1S/C12H22N2O.ClH/c1-3-12(4-5-12)11(15)14-8-10(7-13)6-9(14)2;/h9-10H,3-8,13H2,1-2H3;1H. The second-order valence-electron chi connectivity index (χ2n) is 5.28. The molecule has 2 fully saturated rings. The molecule has 94 valence electrons. The molecule has 2 N–H and O–H groups in total. The molecule has 16 heavy (non-hydrogen) atoms. The van der Waals surface area contributed by atoms with Gasteiger partial charge in [-0.1, -0.05) is 6.92 Å². The molecule has 4 heteroatoms. The highest BCUT2D eigenvalue weighted by molar-refractivity contribution is 5.86. The maximum atomic E-state index is 12.3. The molecule has 2 rings (SSSR count). The first-order valence-electron chi connectivity index (χ1n) is 6.14. The van der Waals surface area contributed by atoms with Gasteiger partial charge in [0.1, 0.15) is 0 Å². The molecule has 1 amide bonds. The zero-order chi connectivity index (χ0) is 11.1. The van der Waals surface area contributed by atoms with E-state index in [1.165, 1.54) is 0 Å². The van der Waals surface area contributed by atoms with E-state index in [4.69, 9.17) is 5.73 Å². The van der Waals surface area contributed by atoms with Crippen molar-refractivity contribution in [3.63, 3.8) is 0 Å². The molecule has 0 radical (unpaired) electrons. The topological polar surface area (TPSA) is 46.3 Å². The normalized spacial score (nSPS) is 31.1. The van der Waals surface area contributed by atoms with Gasteiger partial charge in [-0.05, 0) is 45.1 Å². The van der Waals surface area contributed by atoms with Crippen LogP contribution in [0.2, 0.25) is 0 Å². The van der Waals surface area contributed by atoms with Crippen molar-refractivity contribution < 1.29 is 4.79 Å². The highest BCUT2D eigenvalue weighted by atomic mass is 35.5. The fraction of sp³-hybridized carbons (Fsp3) is 0.917. The Balaban J connectivity index is 0.00000128. The number of carbonyl (C=O) groups is 1. The summed E-state index contributed by atoms with van der Waals surface area (Å²) < 4.78 is 0. The first kappa shape index (κ1) is 13.8. The predicted molar refractivity (Wildman–Crippen MR) is 67.5 cm³/mol. The van der Waals surface area contributed by atoms with Gasteiger partial charge in [-0.25, -0.2) is 0 Å². The molecule has 0 bridgehead atoms. The monoisotopic (exact) mass is 246 g/mol. The maximum absolute atomic E-state index is 12.3. The third kappa shape index (κ3) is 2.21. The van der Waals surface area contributed by atoms with E-state index < -0.39 is 0 Å². The van der Waals surface area contributed by atoms with Gasteiger partial charge in [-0.3, -0.25) is 4.79 Å². The lowest BCUT2D eigenvalue weighted by atomic mass is 10.0. The Morgan fingerprint density at radius 2 is 2.12 bits per heavy atom. The Labute approximate surface area is 104 Å². The lowest BCUT2D eigenvalue weighted by Crippen LogP contribution is -2.39. The number of halogens is 1. The number of hydrogen-bond donors (Lipinski definition) is 1. The zero-order valence-corrected chi connectivity index (χ0v) is 11.1. The summed E-state index contributed by atoms with van der Waals surface area (Å²) in [5.41, 5.74) is 5.70. The number of nitrogens with zero attached hydrogens (tertiary/aromatic N) is 1. The Morgan fingerprint density at radius 3 is 2.50 bits per heavy atom. The Morgan fingerprint density at radius 1 is 1.50 bits per heavy atom. The van der Waals surface area contributed by atoms with Crippen LogP contribution in [0.25, 0.3) is 0 Å². The molecule has 0 aromatic rings. The minimum atomic E-state index is 0. The van der Waals surface area contributed by atoms with Crippen molar-refractivity contribution >= 4 is 18.3 Å². The van der Waals surface area contributed by atoms with Crippen LogP contribution in [0.1, 0.15) is 39.5 Å². The van der Waals surface area contributed by atoms with Crippen LogP contribution in [-0.4, -0.2) is 29.9 Å². The number of carbonyl (C=O) groups excluding carboxylic acids is 1. The molecule has 1 aliphatic heterocycles. The molecular formula is C12H23ClN2O. The number of hydrogen-bond acceptors (Lipinski definition) is 2. The predicted octanol–water partition coefficient (Wildman–Crippen LogP) is 1.79. The van der Waals surface area contributed by atoms with Crippen LogP contribution in [-0.2, 0) is 4.79 Å². The summed E-state index contributed by atoms with van der Waals surface area (Å²) in [5.74, 6) is 0.921. The van der Waals surface area contributed by atoms with Gasteiger partial charge in [0.15, 0.2) is 0 Å². The van der Waals surface area contributed by atoms with E-state index in [-0.39, 0.29) is 17.8 Å².